The van der Waals surface area contributed by atoms with Gasteiger partial charge in [-0.15, -0.1) is 0 Å². The minimum atomic E-state index is -0.757. The quantitative estimate of drug-likeness (QED) is 0.765. The number of methoxy groups -OCH3 is 1. The third-order valence-corrected chi connectivity index (χ3v) is 3.64. The number of carboxylic acid groups (broad SMARTS) is 1. The Morgan fingerprint density at radius 1 is 1.47 bits per heavy atom. The van der Waals surface area contributed by atoms with Crippen LogP contribution in [-0.2, 0) is 9.53 Å². The number of hydrogen-bond donors (Lipinski definition) is 1. The molecule has 2 unspecified atom stereocenters. The summed E-state index contributed by atoms with van der Waals surface area (Å²) in [6.45, 7) is 3.72. The van der Waals surface area contributed by atoms with Crippen molar-refractivity contribution in [1.29, 1.82) is 0 Å². The molecule has 0 spiro atoms. The number of carboxylic acids is 1. The molecule has 1 fully saturated rings. The average Bonchev–Trinajstić information content (AvgIpc) is 2.37. The van der Waals surface area contributed by atoms with Crippen molar-refractivity contribution in [1.82, 2.24) is 9.80 Å². The van der Waals surface area contributed by atoms with Gasteiger partial charge < -0.3 is 19.6 Å². The Hall–Kier alpha value is -1.30. The first-order valence-corrected chi connectivity index (χ1v) is 6.70. The number of likely N-dealkylation sites (tertiary alicyclic amines) is 1. The lowest BCUT2D eigenvalue weighted by Gasteiger charge is -2.38. The zero-order valence-corrected chi connectivity index (χ0v) is 12.0. The van der Waals surface area contributed by atoms with Gasteiger partial charge >= 0.3 is 12.0 Å². The molecule has 1 aliphatic heterocycles. The largest absolute Gasteiger partial charge is 0.481 e. The lowest BCUT2D eigenvalue weighted by Crippen LogP contribution is -2.50. The normalized spacial score (nSPS) is 23.2. The highest BCUT2D eigenvalue weighted by atomic mass is 16.5. The molecule has 1 rings (SSSR count). The Morgan fingerprint density at radius 2 is 2.16 bits per heavy atom. The molecular weight excluding hydrogens is 248 g/mol. The predicted molar refractivity (Wildman–Crippen MR) is 71.0 cm³/mol. The maximum Gasteiger partial charge on any atom is 0.319 e. The van der Waals surface area contributed by atoms with E-state index in [4.69, 9.17) is 9.84 Å². The van der Waals surface area contributed by atoms with Gasteiger partial charge in [0.2, 0.25) is 0 Å². The highest BCUT2D eigenvalue weighted by molar-refractivity contribution is 5.75. The zero-order valence-electron chi connectivity index (χ0n) is 12.0. The predicted octanol–water partition coefficient (Wildman–Crippen LogP) is 1.26. The molecule has 1 saturated heterocycles. The molecular formula is C13H24N2O4. The molecule has 110 valence electrons. The van der Waals surface area contributed by atoms with Crippen molar-refractivity contribution in [3.05, 3.63) is 0 Å². The van der Waals surface area contributed by atoms with Gasteiger partial charge in [-0.05, 0) is 26.2 Å². The van der Waals surface area contributed by atoms with Crippen LogP contribution in [0.15, 0.2) is 0 Å². The molecule has 6 heteroatoms. The fourth-order valence-corrected chi connectivity index (χ4v) is 2.44. The number of hydrogen-bond acceptors (Lipinski definition) is 3. The number of piperidine rings is 1. The van der Waals surface area contributed by atoms with Crippen LogP contribution in [0.3, 0.4) is 0 Å². The number of rotatable bonds is 5. The maximum atomic E-state index is 12.2. The molecule has 0 bridgehead atoms. The van der Waals surface area contributed by atoms with Crippen LogP contribution < -0.4 is 0 Å². The molecule has 1 heterocycles. The number of urea groups is 1. The third-order valence-electron chi connectivity index (χ3n) is 3.64. The van der Waals surface area contributed by atoms with E-state index in [0.29, 0.717) is 32.5 Å². The lowest BCUT2D eigenvalue weighted by molar-refractivity contribution is -0.143. The van der Waals surface area contributed by atoms with Gasteiger partial charge in [-0.1, -0.05) is 0 Å². The van der Waals surface area contributed by atoms with Crippen LogP contribution >= 0.6 is 0 Å². The zero-order chi connectivity index (χ0) is 14.4. The first-order valence-electron chi connectivity index (χ1n) is 6.70. The third kappa shape index (κ3) is 4.38. The summed E-state index contributed by atoms with van der Waals surface area (Å²) in [4.78, 5) is 26.6. The van der Waals surface area contributed by atoms with Gasteiger partial charge in [0.05, 0.1) is 5.92 Å². The number of carbonyl (C=O) groups excluding carboxylic acids is 1. The van der Waals surface area contributed by atoms with E-state index in [-0.39, 0.29) is 18.0 Å². The topological polar surface area (TPSA) is 70.1 Å². The number of nitrogens with zero attached hydrogens (tertiary/aromatic N) is 2. The van der Waals surface area contributed by atoms with Crippen molar-refractivity contribution in [2.45, 2.75) is 32.2 Å². The van der Waals surface area contributed by atoms with Crippen molar-refractivity contribution in [3.8, 4) is 0 Å². The smallest absolute Gasteiger partial charge is 0.319 e. The highest BCUT2D eigenvalue weighted by Crippen LogP contribution is 2.23. The Kier molecular flexibility index (Phi) is 6.08. The number of ether oxygens (including phenoxy) is 1. The first-order chi connectivity index (χ1) is 8.97. The van der Waals surface area contributed by atoms with Crippen molar-refractivity contribution >= 4 is 12.0 Å². The summed E-state index contributed by atoms with van der Waals surface area (Å²) in [6.07, 6.45) is 1.88. The maximum absolute atomic E-state index is 12.2. The Labute approximate surface area is 114 Å². The van der Waals surface area contributed by atoms with Crippen LogP contribution in [0.2, 0.25) is 0 Å². The number of amides is 2. The average molecular weight is 272 g/mol. The summed E-state index contributed by atoms with van der Waals surface area (Å²) in [5, 5.41) is 9.01. The van der Waals surface area contributed by atoms with Crippen molar-refractivity contribution in [2.75, 3.05) is 33.9 Å². The summed E-state index contributed by atoms with van der Waals surface area (Å²) in [6, 6.07) is -0.0420. The lowest BCUT2D eigenvalue weighted by atomic mass is 9.92. The molecule has 0 aromatic carbocycles. The highest BCUT2D eigenvalue weighted by Gasteiger charge is 2.33. The molecule has 0 radical (unpaired) electrons. The molecule has 6 nitrogen and oxygen atoms in total. The van der Waals surface area contributed by atoms with E-state index < -0.39 is 5.97 Å². The van der Waals surface area contributed by atoms with Crippen LogP contribution in [-0.4, -0.2) is 66.8 Å². The monoisotopic (exact) mass is 272 g/mol. The molecule has 1 aliphatic rings. The van der Waals surface area contributed by atoms with Gasteiger partial charge in [-0.3, -0.25) is 4.79 Å². The Morgan fingerprint density at radius 3 is 2.68 bits per heavy atom. The first kappa shape index (κ1) is 15.8. The van der Waals surface area contributed by atoms with Crippen LogP contribution in [0.5, 0.6) is 0 Å². The van der Waals surface area contributed by atoms with E-state index in [0.717, 1.165) is 6.42 Å². The fraction of sp³-hybridized carbons (Fsp3) is 0.846. The van der Waals surface area contributed by atoms with Crippen LogP contribution in [0.25, 0.3) is 0 Å². The van der Waals surface area contributed by atoms with E-state index in [9.17, 15) is 9.59 Å². The summed E-state index contributed by atoms with van der Waals surface area (Å²) >= 11 is 0. The second-order valence-corrected chi connectivity index (χ2v) is 5.15. The molecule has 0 aliphatic carbocycles. The van der Waals surface area contributed by atoms with E-state index in [1.54, 1.807) is 24.0 Å². The Bertz CT molecular complexity index is 322. The molecule has 0 aromatic rings. The van der Waals surface area contributed by atoms with Gasteiger partial charge in [0.15, 0.2) is 0 Å². The minimum Gasteiger partial charge on any atom is -0.481 e. The van der Waals surface area contributed by atoms with Crippen molar-refractivity contribution < 1.29 is 19.4 Å². The summed E-state index contributed by atoms with van der Waals surface area (Å²) < 4.78 is 4.96. The van der Waals surface area contributed by atoms with Crippen LogP contribution in [0.1, 0.15) is 26.2 Å². The molecule has 1 N–H and O–H groups in total. The Balaban J connectivity index is 2.47. The van der Waals surface area contributed by atoms with E-state index >= 15 is 0 Å². The summed E-state index contributed by atoms with van der Waals surface area (Å²) in [7, 11) is 3.41. The number of aliphatic carboxylic acids is 1. The molecule has 19 heavy (non-hydrogen) atoms. The van der Waals surface area contributed by atoms with Gasteiger partial charge in [-0.25, -0.2) is 4.79 Å². The molecule has 0 aromatic heterocycles. The van der Waals surface area contributed by atoms with Gasteiger partial charge in [0.25, 0.3) is 0 Å². The van der Waals surface area contributed by atoms with Gasteiger partial charge in [0.1, 0.15) is 0 Å². The minimum absolute atomic E-state index is 0.0209. The number of carbonyl (C=O) groups is 2. The fourth-order valence-electron chi connectivity index (χ4n) is 2.44. The summed E-state index contributed by atoms with van der Waals surface area (Å²) in [5.41, 5.74) is 0. The van der Waals surface area contributed by atoms with Crippen LogP contribution in [0, 0.1) is 5.92 Å². The van der Waals surface area contributed by atoms with E-state index in [1.165, 1.54) is 0 Å². The van der Waals surface area contributed by atoms with E-state index in [1.807, 2.05) is 6.92 Å². The van der Waals surface area contributed by atoms with Crippen LogP contribution in [0.4, 0.5) is 4.79 Å². The summed E-state index contributed by atoms with van der Waals surface area (Å²) in [5.74, 6) is -1.08. The molecule has 2 amide bonds. The van der Waals surface area contributed by atoms with Crippen molar-refractivity contribution in [2.24, 2.45) is 5.92 Å². The van der Waals surface area contributed by atoms with Gasteiger partial charge in [0, 0.05) is 39.9 Å². The van der Waals surface area contributed by atoms with Gasteiger partial charge in [-0.2, -0.15) is 0 Å². The SMILES string of the molecule is COCCCN(C)C(=O)N1CCC(C(=O)O)CC1C. The van der Waals surface area contributed by atoms with Crippen molar-refractivity contribution in [3.63, 3.8) is 0 Å². The second kappa shape index (κ2) is 7.33. The second-order valence-electron chi connectivity index (χ2n) is 5.15. The molecule has 0 saturated carbocycles. The molecule has 2 atom stereocenters. The standard InChI is InChI=1S/C13H24N2O4/c1-10-9-11(12(16)17)5-7-15(10)13(18)14(2)6-4-8-19-3/h10-11H,4-9H2,1-3H3,(H,16,17). The van der Waals surface area contributed by atoms with E-state index in [2.05, 4.69) is 0 Å².